The van der Waals surface area contributed by atoms with Crippen LogP contribution in [0, 0.1) is 5.92 Å². The molecule has 0 bridgehead atoms. The van der Waals surface area contributed by atoms with Crippen LogP contribution in [0.1, 0.15) is 37.9 Å². The molecule has 2 aliphatic heterocycles. The summed E-state index contributed by atoms with van der Waals surface area (Å²) in [6.45, 7) is 4.68. The molecular weight excluding hydrogens is 428 g/mol. The van der Waals surface area contributed by atoms with E-state index in [2.05, 4.69) is 34.0 Å². The molecule has 1 amide bonds. The summed E-state index contributed by atoms with van der Waals surface area (Å²) in [5, 5.41) is 3.32. The smallest absolute Gasteiger partial charge is 0.222 e. The van der Waals surface area contributed by atoms with E-state index < -0.39 is 0 Å². The number of rotatable bonds is 8. The first-order valence-electron chi connectivity index (χ1n) is 11.5. The Balaban J connectivity index is 1.73. The Kier molecular flexibility index (Phi) is 7.99. The molecule has 7 N–H and O–H groups in total. The van der Waals surface area contributed by atoms with Crippen LogP contribution in [0.5, 0.6) is 0 Å². The molecule has 34 heavy (non-hydrogen) atoms. The normalized spacial score (nSPS) is 21.7. The summed E-state index contributed by atoms with van der Waals surface area (Å²) in [4.78, 5) is 24.7. The molecule has 182 valence electrons. The number of nitrogens with two attached hydrogens (primary N) is 3. The number of nitrogens with one attached hydrogen (secondary N) is 1. The number of aliphatic imine (C=N–C) groups is 1. The Morgan fingerprint density at radius 1 is 1.29 bits per heavy atom. The van der Waals surface area contributed by atoms with Crippen LogP contribution in [0.3, 0.4) is 0 Å². The van der Waals surface area contributed by atoms with Crippen LogP contribution in [0.2, 0.25) is 0 Å². The molecule has 0 saturated carbocycles. The second-order valence-electron chi connectivity index (χ2n) is 8.92. The maximum Gasteiger partial charge on any atom is 0.222 e. The molecule has 0 aromatic carbocycles. The lowest BCUT2D eigenvalue weighted by Crippen LogP contribution is -2.45. The molecular formula is C25H36N8O. The zero-order chi connectivity index (χ0) is 24.8. The van der Waals surface area contributed by atoms with Crippen LogP contribution in [-0.4, -0.2) is 54.9 Å². The number of anilines is 1. The summed E-state index contributed by atoms with van der Waals surface area (Å²) in [6, 6.07) is 2.17. The molecule has 0 radical (unpaired) electrons. The van der Waals surface area contributed by atoms with Gasteiger partial charge in [-0.05, 0) is 48.4 Å². The third-order valence-corrected chi connectivity index (χ3v) is 6.32. The van der Waals surface area contributed by atoms with Gasteiger partial charge in [0.05, 0.1) is 29.8 Å². The Morgan fingerprint density at radius 3 is 2.68 bits per heavy atom. The number of hydrogen-bond donors (Lipinski definition) is 4. The number of nitrogens with zero attached hydrogens (tertiary/aromatic N) is 4. The van der Waals surface area contributed by atoms with Crippen molar-refractivity contribution < 1.29 is 4.79 Å². The van der Waals surface area contributed by atoms with Gasteiger partial charge in [0.1, 0.15) is 6.17 Å². The number of amides is 1. The van der Waals surface area contributed by atoms with Gasteiger partial charge >= 0.3 is 0 Å². The van der Waals surface area contributed by atoms with Gasteiger partial charge in [0.2, 0.25) is 5.91 Å². The van der Waals surface area contributed by atoms with Gasteiger partial charge in [-0.3, -0.25) is 14.8 Å². The lowest BCUT2D eigenvalue weighted by atomic mass is 10.0. The van der Waals surface area contributed by atoms with Gasteiger partial charge in [-0.2, -0.15) is 0 Å². The molecule has 0 aliphatic carbocycles. The fourth-order valence-corrected chi connectivity index (χ4v) is 4.00. The van der Waals surface area contributed by atoms with Crippen molar-refractivity contribution in [3.05, 3.63) is 59.5 Å². The van der Waals surface area contributed by atoms with Crippen LogP contribution >= 0.6 is 0 Å². The van der Waals surface area contributed by atoms with E-state index in [9.17, 15) is 4.79 Å². The highest BCUT2D eigenvalue weighted by atomic mass is 16.2. The Labute approximate surface area is 201 Å². The van der Waals surface area contributed by atoms with Gasteiger partial charge in [0.15, 0.2) is 0 Å². The van der Waals surface area contributed by atoms with Gasteiger partial charge in [-0.1, -0.05) is 13.8 Å². The van der Waals surface area contributed by atoms with Crippen molar-refractivity contribution in [3.8, 4) is 0 Å². The fraction of sp³-hybridized carbons (Fsp3) is 0.400. The number of hydrogen-bond acceptors (Lipinski definition) is 8. The molecule has 0 spiro atoms. The summed E-state index contributed by atoms with van der Waals surface area (Å²) in [5.74, 6) is 0.975. The lowest BCUT2D eigenvalue weighted by Gasteiger charge is -2.33. The van der Waals surface area contributed by atoms with Crippen LogP contribution in [0.4, 0.5) is 5.69 Å². The minimum atomic E-state index is -0.151. The second-order valence-corrected chi connectivity index (χ2v) is 8.92. The van der Waals surface area contributed by atoms with E-state index in [0.29, 0.717) is 18.8 Å². The summed E-state index contributed by atoms with van der Waals surface area (Å²) in [7, 11) is 3.81. The van der Waals surface area contributed by atoms with Crippen LogP contribution in [-0.2, 0) is 4.79 Å². The highest BCUT2D eigenvalue weighted by Crippen LogP contribution is 2.28. The first-order valence-corrected chi connectivity index (χ1v) is 11.5. The van der Waals surface area contributed by atoms with Crippen molar-refractivity contribution >= 4 is 29.5 Å². The Morgan fingerprint density at radius 2 is 2.06 bits per heavy atom. The van der Waals surface area contributed by atoms with Gasteiger partial charge in [-0.25, -0.2) is 0 Å². The van der Waals surface area contributed by atoms with E-state index in [0.717, 1.165) is 34.5 Å². The van der Waals surface area contributed by atoms with Crippen molar-refractivity contribution in [2.24, 2.45) is 28.1 Å². The number of carbonyl (C=O) groups is 1. The minimum Gasteiger partial charge on any atom is -0.404 e. The predicted octanol–water partition coefficient (Wildman–Crippen LogP) is 1.75. The molecule has 2 unspecified atom stereocenters. The zero-order valence-corrected chi connectivity index (χ0v) is 20.4. The topological polar surface area (TPSA) is 139 Å². The summed E-state index contributed by atoms with van der Waals surface area (Å²) >= 11 is 0. The van der Waals surface area contributed by atoms with E-state index in [1.807, 2.05) is 38.4 Å². The number of carbonyl (C=O) groups excluding carboxylic acids is 1. The quantitative estimate of drug-likeness (QED) is 0.339. The first-order chi connectivity index (χ1) is 16.2. The van der Waals surface area contributed by atoms with E-state index >= 15 is 0 Å². The first kappa shape index (κ1) is 24.9. The van der Waals surface area contributed by atoms with E-state index in [4.69, 9.17) is 17.2 Å². The van der Waals surface area contributed by atoms with Crippen LogP contribution < -0.4 is 27.4 Å². The molecule has 2 aliphatic rings. The fourth-order valence-electron chi connectivity index (χ4n) is 4.00. The number of allylic oxidation sites excluding steroid dienone is 3. The standard InChI is InChI=1S/C25H36N8O/c1-16(2)17(11-26)10-23(28)31-24-7-6-21-22(33(24)4)9-18(14-30-21)19(12-27)13-29-15-20-5-8-25(34)32(20)3/h6-7,9-14,16,20,24,31H,5,8,15,26-28H2,1-4H3/b17-11+,19-12?,23-10+,29-13?. The Hall–Kier alpha value is -3.75. The van der Waals surface area contributed by atoms with Gasteiger partial charge < -0.3 is 32.3 Å². The van der Waals surface area contributed by atoms with Crippen molar-refractivity contribution in [2.75, 3.05) is 25.5 Å². The number of likely N-dealkylation sites (tertiary alicyclic amines) is 1. The van der Waals surface area contributed by atoms with Gasteiger partial charge in [0.25, 0.3) is 0 Å². The van der Waals surface area contributed by atoms with Crippen molar-refractivity contribution in [2.45, 2.75) is 38.9 Å². The second kappa shape index (κ2) is 10.9. The largest absolute Gasteiger partial charge is 0.404 e. The maximum atomic E-state index is 11.7. The number of pyridine rings is 1. The summed E-state index contributed by atoms with van der Waals surface area (Å²) < 4.78 is 0. The number of likely N-dealkylation sites (N-methyl/N-ethyl adjacent to an activating group) is 2. The van der Waals surface area contributed by atoms with Crippen molar-refractivity contribution in [3.63, 3.8) is 0 Å². The minimum absolute atomic E-state index is 0.136. The summed E-state index contributed by atoms with van der Waals surface area (Å²) in [5.41, 5.74) is 22.3. The lowest BCUT2D eigenvalue weighted by molar-refractivity contribution is -0.127. The molecule has 2 atom stereocenters. The van der Waals surface area contributed by atoms with E-state index in [-0.39, 0.29) is 24.0 Å². The third kappa shape index (κ3) is 5.59. The highest BCUT2D eigenvalue weighted by Gasteiger charge is 2.27. The molecule has 1 aromatic heterocycles. The number of fused-ring (bicyclic) bond motifs is 1. The molecule has 1 aromatic rings. The van der Waals surface area contributed by atoms with Crippen molar-refractivity contribution in [1.29, 1.82) is 0 Å². The maximum absolute atomic E-state index is 11.7. The Bertz CT molecular complexity index is 1050. The van der Waals surface area contributed by atoms with Gasteiger partial charge in [-0.15, -0.1) is 0 Å². The third-order valence-electron chi connectivity index (χ3n) is 6.32. The molecule has 9 heteroatoms. The van der Waals surface area contributed by atoms with Crippen LogP contribution in [0.15, 0.2) is 53.2 Å². The van der Waals surface area contributed by atoms with Crippen molar-refractivity contribution in [1.82, 2.24) is 15.2 Å². The molecule has 9 nitrogen and oxygen atoms in total. The van der Waals surface area contributed by atoms with Gasteiger partial charge in [0, 0.05) is 50.3 Å². The number of aromatic nitrogens is 1. The average Bonchev–Trinajstić information content (AvgIpc) is 3.14. The van der Waals surface area contributed by atoms with E-state index in [1.165, 1.54) is 6.20 Å². The van der Waals surface area contributed by atoms with Crippen LogP contribution in [0.25, 0.3) is 11.6 Å². The molecule has 3 rings (SSSR count). The molecule has 1 saturated heterocycles. The molecule has 3 heterocycles. The highest BCUT2D eigenvalue weighted by molar-refractivity contribution is 6.09. The molecule has 1 fully saturated rings. The predicted molar refractivity (Wildman–Crippen MR) is 139 cm³/mol. The van der Waals surface area contributed by atoms with E-state index in [1.54, 1.807) is 23.5 Å². The SMILES string of the molecule is CC(C)C(=C/N)/C=C(\N)NC1C=Cc2ncc(C(C=NCC3CCC(=O)N3C)=CN)cc2N1C. The summed E-state index contributed by atoms with van der Waals surface area (Å²) in [6.07, 6.45) is 13.7. The zero-order valence-electron chi connectivity index (χ0n) is 20.4. The monoisotopic (exact) mass is 464 g/mol. The average molecular weight is 465 g/mol.